The van der Waals surface area contributed by atoms with Crippen molar-refractivity contribution in [3.05, 3.63) is 0 Å². The van der Waals surface area contributed by atoms with Crippen LogP contribution >= 0.6 is 0 Å². The Labute approximate surface area is 71.0 Å². The van der Waals surface area contributed by atoms with Crippen molar-refractivity contribution in [2.45, 2.75) is 37.6 Å². The van der Waals surface area contributed by atoms with Crippen molar-refractivity contribution < 1.29 is 20.1 Å². The van der Waals surface area contributed by atoms with Gasteiger partial charge in [-0.2, -0.15) is 0 Å². The number of aliphatic hydroxyl groups excluding tert-OH is 3. The molecule has 5 atom stereocenters. The molecule has 0 bridgehead atoms. The molecule has 0 aliphatic carbocycles. The van der Waals surface area contributed by atoms with Gasteiger partial charge in [0.05, 0.1) is 12.1 Å². The highest BCUT2D eigenvalue weighted by Crippen LogP contribution is 2.18. The van der Waals surface area contributed by atoms with Crippen molar-refractivity contribution in [3.63, 3.8) is 0 Å². The van der Waals surface area contributed by atoms with Crippen molar-refractivity contribution in [2.24, 2.45) is 0 Å². The van der Waals surface area contributed by atoms with Gasteiger partial charge < -0.3 is 25.4 Å². The number of rotatable bonds is 1. The lowest BCUT2D eigenvalue weighted by atomic mass is 9.98. The van der Waals surface area contributed by atoms with Gasteiger partial charge in [-0.3, -0.25) is 0 Å². The molecular formula is C7H15NO4. The fraction of sp³-hybridized carbons (Fsp3) is 1.00. The highest BCUT2D eigenvalue weighted by Gasteiger charge is 2.40. The van der Waals surface area contributed by atoms with E-state index in [1.165, 1.54) is 0 Å². The minimum atomic E-state index is -1.07. The normalized spacial score (nSPS) is 49.2. The van der Waals surface area contributed by atoms with Gasteiger partial charge in [-0.1, -0.05) is 0 Å². The number of hydrogen-bond donors (Lipinski definition) is 4. The summed E-state index contributed by atoms with van der Waals surface area (Å²) in [5.74, 6) is 0. The monoisotopic (exact) mass is 177 g/mol. The SMILES string of the molecule is CN[C@H]1C(O)OC(C)[C@H](O)[C@@H]1O. The van der Waals surface area contributed by atoms with Crippen molar-refractivity contribution in [2.75, 3.05) is 7.05 Å². The van der Waals surface area contributed by atoms with Gasteiger partial charge in [0.25, 0.3) is 0 Å². The first-order valence-electron chi connectivity index (χ1n) is 3.95. The molecule has 0 aromatic heterocycles. The summed E-state index contributed by atoms with van der Waals surface area (Å²) in [6, 6.07) is -0.629. The van der Waals surface area contributed by atoms with Crippen molar-refractivity contribution in [1.29, 1.82) is 0 Å². The summed E-state index contributed by atoms with van der Waals surface area (Å²) in [7, 11) is 1.59. The Morgan fingerprint density at radius 1 is 1.17 bits per heavy atom. The molecule has 0 spiro atoms. The van der Waals surface area contributed by atoms with Crippen LogP contribution in [0.15, 0.2) is 0 Å². The summed E-state index contributed by atoms with van der Waals surface area (Å²) < 4.78 is 4.96. The lowest BCUT2D eigenvalue weighted by molar-refractivity contribution is -0.242. The van der Waals surface area contributed by atoms with Gasteiger partial charge in [0.1, 0.15) is 12.2 Å². The molecule has 2 unspecified atom stereocenters. The zero-order valence-corrected chi connectivity index (χ0v) is 7.14. The maximum atomic E-state index is 9.43. The molecule has 4 N–H and O–H groups in total. The van der Waals surface area contributed by atoms with Crippen LogP contribution in [0, 0.1) is 0 Å². The third kappa shape index (κ3) is 1.60. The lowest BCUT2D eigenvalue weighted by Gasteiger charge is -2.39. The molecule has 1 rings (SSSR count). The largest absolute Gasteiger partial charge is 0.388 e. The van der Waals surface area contributed by atoms with E-state index >= 15 is 0 Å². The van der Waals surface area contributed by atoms with Gasteiger partial charge in [0.15, 0.2) is 6.29 Å². The molecule has 1 saturated heterocycles. The van der Waals surface area contributed by atoms with E-state index in [2.05, 4.69) is 5.32 Å². The van der Waals surface area contributed by atoms with E-state index in [1.807, 2.05) is 0 Å². The second-order valence-corrected chi connectivity index (χ2v) is 3.03. The van der Waals surface area contributed by atoms with Crippen LogP contribution < -0.4 is 5.32 Å². The molecule has 1 aliphatic rings. The number of ether oxygens (including phenoxy) is 1. The summed E-state index contributed by atoms with van der Waals surface area (Å²) in [4.78, 5) is 0. The summed E-state index contributed by atoms with van der Waals surface area (Å²) in [6.45, 7) is 1.60. The van der Waals surface area contributed by atoms with Gasteiger partial charge in [0, 0.05) is 0 Å². The lowest BCUT2D eigenvalue weighted by Crippen LogP contribution is -2.61. The van der Waals surface area contributed by atoms with Crippen LogP contribution in [-0.2, 0) is 4.74 Å². The Morgan fingerprint density at radius 3 is 2.25 bits per heavy atom. The quantitative estimate of drug-likeness (QED) is 0.373. The number of aliphatic hydroxyl groups is 3. The molecule has 0 amide bonds. The molecule has 5 nitrogen and oxygen atoms in total. The van der Waals surface area contributed by atoms with E-state index in [1.54, 1.807) is 14.0 Å². The maximum Gasteiger partial charge on any atom is 0.173 e. The molecule has 0 aromatic rings. The fourth-order valence-electron chi connectivity index (χ4n) is 1.36. The van der Waals surface area contributed by atoms with Crippen LogP contribution in [-0.4, -0.2) is 53.0 Å². The predicted octanol–water partition coefficient (Wildman–Crippen LogP) is -1.97. The summed E-state index contributed by atoms with van der Waals surface area (Å²) in [6.07, 6.45) is -3.55. The average molecular weight is 177 g/mol. The molecule has 1 aliphatic heterocycles. The van der Waals surface area contributed by atoms with E-state index < -0.39 is 30.6 Å². The Kier molecular flexibility index (Phi) is 3.03. The molecule has 0 radical (unpaired) electrons. The smallest absolute Gasteiger partial charge is 0.173 e. The Morgan fingerprint density at radius 2 is 1.75 bits per heavy atom. The van der Waals surface area contributed by atoms with E-state index in [0.29, 0.717) is 0 Å². The van der Waals surface area contributed by atoms with Crippen molar-refractivity contribution in [3.8, 4) is 0 Å². The van der Waals surface area contributed by atoms with Gasteiger partial charge >= 0.3 is 0 Å². The Balaban J connectivity index is 2.65. The van der Waals surface area contributed by atoms with Crippen LogP contribution in [0.5, 0.6) is 0 Å². The third-order valence-electron chi connectivity index (χ3n) is 2.19. The van der Waals surface area contributed by atoms with Crippen LogP contribution in [0.2, 0.25) is 0 Å². The number of likely N-dealkylation sites (N-methyl/N-ethyl adjacent to an activating group) is 1. The summed E-state index contributed by atoms with van der Waals surface area (Å²) in [5, 5.41) is 30.7. The van der Waals surface area contributed by atoms with E-state index in [-0.39, 0.29) is 0 Å². The first-order valence-corrected chi connectivity index (χ1v) is 3.95. The molecule has 0 saturated carbocycles. The van der Waals surface area contributed by atoms with Gasteiger partial charge in [0.2, 0.25) is 0 Å². The highest BCUT2D eigenvalue weighted by molar-refractivity contribution is 4.90. The Hall–Kier alpha value is -0.200. The van der Waals surface area contributed by atoms with Gasteiger partial charge in [-0.05, 0) is 14.0 Å². The zero-order valence-electron chi connectivity index (χ0n) is 7.14. The van der Waals surface area contributed by atoms with Crippen LogP contribution in [0.4, 0.5) is 0 Å². The molecule has 5 heteroatoms. The first kappa shape index (κ1) is 9.88. The molecule has 72 valence electrons. The molecule has 0 aromatic carbocycles. The average Bonchev–Trinajstić information content (AvgIpc) is 2.01. The van der Waals surface area contributed by atoms with E-state index in [4.69, 9.17) is 4.74 Å². The predicted molar refractivity (Wildman–Crippen MR) is 41.4 cm³/mol. The van der Waals surface area contributed by atoms with Crippen LogP contribution in [0.3, 0.4) is 0 Å². The second kappa shape index (κ2) is 3.68. The molecule has 1 fully saturated rings. The molecular weight excluding hydrogens is 162 g/mol. The van der Waals surface area contributed by atoms with E-state index in [0.717, 1.165) is 0 Å². The standard InChI is InChI=1S/C7H15NO4/c1-3-5(9)6(10)4(8-2)7(11)12-3/h3-11H,1-2H3/t3?,4-,5+,6-,7?/m1/s1. The summed E-state index contributed by atoms with van der Waals surface area (Å²) >= 11 is 0. The van der Waals surface area contributed by atoms with Crippen molar-refractivity contribution >= 4 is 0 Å². The van der Waals surface area contributed by atoms with Gasteiger partial charge in [-0.15, -0.1) is 0 Å². The Bertz CT molecular complexity index is 154. The summed E-state index contributed by atoms with van der Waals surface area (Å²) in [5.41, 5.74) is 0. The topological polar surface area (TPSA) is 82.0 Å². The minimum absolute atomic E-state index is 0.542. The van der Waals surface area contributed by atoms with Gasteiger partial charge in [-0.25, -0.2) is 0 Å². The highest BCUT2D eigenvalue weighted by atomic mass is 16.6. The fourth-order valence-corrected chi connectivity index (χ4v) is 1.36. The minimum Gasteiger partial charge on any atom is -0.388 e. The number of hydrogen-bond acceptors (Lipinski definition) is 5. The molecule has 1 heterocycles. The maximum absolute atomic E-state index is 9.43. The van der Waals surface area contributed by atoms with Crippen molar-refractivity contribution in [1.82, 2.24) is 5.32 Å². The molecule has 12 heavy (non-hydrogen) atoms. The van der Waals surface area contributed by atoms with Crippen LogP contribution in [0.1, 0.15) is 6.92 Å². The zero-order chi connectivity index (χ0) is 9.30. The third-order valence-corrected chi connectivity index (χ3v) is 2.19. The number of nitrogens with one attached hydrogen (secondary N) is 1. The first-order chi connectivity index (χ1) is 5.57. The van der Waals surface area contributed by atoms with Crippen LogP contribution in [0.25, 0.3) is 0 Å². The second-order valence-electron chi connectivity index (χ2n) is 3.03. The van der Waals surface area contributed by atoms with E-state index in [9.17, 15) is 15.3 Å².